The number of rotatable bonds is 6. The van der Waals surface area contributed by atoms with E-state index in [9.17, 15) is 14.4 Å². The molecule has 8 heteroatoms. The molecule has 7 nitrogen and oxygen atoms in total. The Morgan fingerprint density at radius 1 is 1.43 bits per heavy atom. The fourth-order valence-corrected chi connectivity index (χ4v) is 3.41. The minimum Gasteiger partial charge on any atom is -0.480 e. The van der Waals surface area contributed by atoms with Gasteiger partial charge in [0, 0.05) is 6.54 Å². The molecule has 0 aliphatic rings. The molecule has 0 saturated carbocycles. The molecule has 0 fully saturated rings. The van der Waals surface area contributed by atoms with Crippen molar-refractivity contribution in [2.75, 3.05) is 0 Å². The van der Waals surface area contributed by atoms with Gasteiger partial charge in [0.05, 0.1) is 16.6 Å². The first-order chi connectivity index (χ1) is 10.9. The van der Waals surface area contributed by atoms with E-state index in [0.29, 0.717) is 40.0 Å². The van der Waals surface area contributed by atoms with Gasteiger partial charge in [0.2, 0.25) is 0 Å². The molecule has 23 heavy (non-hydrogen) atoms. The summed E-state index contributed by atoms with van der Waals surface area (Å²) in [7, 11) is 0. The number of nitrogens with one attached hydrogen (secondary N) is 1. The van der Waals surface area contributed by atoms with Gasteiger partial charge in [0.25, 0.3) is 11.5 Å². The molecule has 0 aliphatic carbocycles. The Kier molecular flexibility index (Phi) is 5.15. The summed E-state index contributed by atoms with van der Waals surface area (Å²) in [4.78, 5) is 41.0. The highest BCUT2D eigenvalue weighted by molar-refractivity contribution is 7.20. The van der Waals surface area contributed by atoms with Gasteiger partial charge in [-0.1, -0.05) is 13.3 Å². The summed E-state index contributed by atoms with van der Waals surface area (Å²) in [6.07, 6.45) is 2.46. The largest absolute Gasteiger partial charge is 0.480 e. The molecule has 0 aromatic carbocycles. The Morgan fingerprint density at radius 2 is 2.13 bits per heavy atom. The van der Waals surface area contributed by atoms with Crippen LogP contribution in [0.3, 0.4) is 0 Å². The van der Waals surface area contributed by atoms with Gasteiger partial charge in [-0.15, -0.1) is 11.3 Å². The van der Waals surface area contributed by atoms with E-state index in [1.807, 2.05) is 13.8 Å². The number of carboxylic acid groups (broad SMARTS) is 1. The molecule has 124 valence electrons. The van der Waals surface area contributed by atoms with Crippen LogP contribution in [0.5, 0.6) is 0 Å². The molecule has 0 radical (unpaired) electrons. The van der Waals surface area contributed by atoms with E-state index in [1.165, 1.54) is 10.9 Å². The normalized spacial score (nSPS) is 12.3. The Hall–Kier alpha value is -2.22. The third-order valence-electron chi connectivity index (χ3n) is 3.64. The summed E-state index contributed by atoms with van der Waals surface area (Å²) >= 11 is 1.11. The molecule has 2 N–H and O–H groups in total. The second-order valence-electron chi connectivity index (χ2n) is 5.23. The molecule has 2 aromatic heterocycles. The van der Waals surface area contributed by atoms with Crippen LogP contribution in [0.15, 0.2) is 11.1 Å². The van der Waals surface area contributed by atoms with Crippen molar-refractivity contribution in [3.63, 3.8) is 0 Å². The third kappa shape index (κ3) is 3.26. The maximum absolute atomic E-state index is 12.4. The van der Waals surface area contributed by atoms with E-state index in [0.717, 1.165) is 11.3 Å². The van der Waals surface area contributed by atoms with Crippen molar-refractivity contribution >= 4 is 33.4 Å². The molecular formula is C15H19N3O4S. The summed E-state index contributed by atoms with van der Waals surface area (Å²) in [6, 6.07) is -0.933. The molecule has 1 atom stereocenters. The fourth-order valence-electron chi connectivity index (χ4n) is 2.37. The number of carboxylic acids is 1. The summed E-state index contributed by atoms with van der Waals surface area (Å²) in [5.74, 6) is -1.54. The van der Waals surface area contributed by atoms with Crippen molar-refractivity contribution < 1.29 is 14.7 Å². The summed E-state index contributed by atoms with van der Waals surface area (Å²) < 4.78 is 1.47. The van der Waals surface area contributed by atoms with Gasteiger partial charge in [-0.2, -0.15) is 0 Å². The van der Waals surface area contributed by atoms with Crippen molar-refractivity contribution in [2.45, 2.75) is 46.2 Å². The second-order valence-corrected chi connectivity index (χ2v) is 6.22. The quantitative estimate of drug-likeness (QED) is 0.836. The lowest BCUT2D eigenvalue weighted by Gasteiger charge is -2.12. The molecule has 0 saturated heterocycles. The van der Waals surface area contributed by atoms with Crippen molar-refractivity contribution in [1.82, 2.24) is 14.9 Å². The van der Waals surface area contributed by atoms with Crippen molar-refractivity contribution in [2.24, 2.45) is 0 Å². The van der Waals surface area contributed by atoms with Crippen LogP contribution in [0.2, 0.25) is 0 Å². The zero-order valence-corrected chi connectivity index (χ0v) is 14.1. The van der Waals surface area contributed by atoms with Crippen molar-refractivity contribution in [3.8, 4) is 0 Å². The van der Waals surface area contributed by atoms with Gasteiger partial charge >= 0.3 is 5.97 Å². The van der Waals surface area contributed by atoms with Crippen LogP contribution < -0.4 is 10.9 Å². The van der Waals surface area contributed by atoms with E-state index < -0.39 is 17.9 Å². The van der Waals surface area contributed by atoms with Crippen LogP contribution >= 0.6 is 11.3 Å². The van der Waals surface area contributed by atoms with Crippen LogP contribution in [0.1, 0.15) is 41.9 Å². The standard InChI is InChI=1S/C15H19N3O4S/c1-4-6-9(15(21)22)17-12(19)11-8(3)10-13(23-11)16-7-18(5-2)14(10)20/h7,9H,4-6H2,1-3H3,(H,17,19)(H,21,22). The number of carbonyl (C=O) groups excluding carboxylic acids is 1. The second kappa shape index (κ2) is 6.91. The Bertz CT molecular complexity index is 809. The molecule has 0 aliphatic heterocycles. The van der Waals surface area contributed by atoms with Crippen LogP contribution in [-0.4, -0.2) is 32.6 Å². The number of carbonyl (C=O) groups is 2. The average molecular weight is 337 g/mol. The van der Waals surface area contributed by atoms with Gasteiger partial charge in [0.1, 0.15) is 10.9 Å². The molecule has 1 amide bonds. The van der Waals surface area contributed by atoms with Gasteiger partial charge in [0.15, 0.2) is 0 Å². The molecule has 2 aromatic rings. The lowest BCUT2D eigenvalue weighted by Crippen LogP contribution is -2.40. The lowest BCUT2D eigenvalue weighted by atomic mass is 10.1. The van der Waals surface area contributed by atoms with Crippen molar-refractivity contribution in [1.29, 1.82) is 0 Å². The number of aryl methyl sites for hydroxylation is 2. The van der Waals surface area contributed by atoms with E-state index in [1.54, 1.807) is 6.92 Å². The monoisotopic (exact) mass is 337 g/mol. The maximum Gasteiger partial charge on any atom is 0.326 e. The predicted molar refractivity (Wildman–Crippen MR) is 88.1 cm³/mol. The average Bonchev–Trinajstić information content (AvgIpc) is 2.85. The maximum atomic E-state index is 12.4. The number of amides is 1. The van der Waals surface area contributed by atoms with E-state index in [2.05, 4.69) is 10.3 Å². The molecular weight excluding hydrogens is 318 g/mol. The zero-order valence-electron chi connectivity index (χ0n) is 13.3. The van der Waals surface area contributed by atoms with Crippen LogP contribution in [0, 0.1) is 6.92 Å². The number of hydrogen-bond donors (Lipinski definition) is 2. The first kappa shape index (κ1) is 17.1. The number of fused-ring (bicyclic) bond motifs is 1. The van der Waals surface area contributed by atoms with Crippen LogP contribution in [-0.2, 0) is 11.3 Å². The number of thiophene rings is 1. The fraction of sp³-hybridized carbons (Fsp3) is 0.467. The number of hydrogen-bond acceptors (Lipinski definition) is 5. The molecule has 2 heterocycles. The molecule has 0 spiro atoms. The smallest absolute Gasteiger partial charge is 0.326 e. The molecule has 1 unspecified atom stereocenters. The highest BCUT2D eigenvalue weighted by atomic mass is 32.1. The summed E-state index contributed by atoms with van der Waals surface area (Å²) in [5, 5.41) is 12.1. The van der Waals surface area contributed by atoms with Crippen LogP contribution in [0.25, 0.3) is 10.2 Å². The highest BCUT2D eigenvalue weighted by Gasteiger charge is 2.24. The third-order valence-corrected chi connectivity index (χ3v) is 4.84. The summed E-state index contributed by atoms with van der Waals surface area (Å²) in [6.45, 7) is 5.87. The minimum atomic E-state index is -1.06. The topological polar surface area (TPSA) is 101 Å². The van der Waals surface area contributed by atoms with Crippen molar-refractivity contribution in [3.05, 3.63) is 27.1 Å². The van der Waals surface area contributed by atoms with Gasteiger partial charge in [-0.25, -0.2) is 9.78 Å². The summed E-state index contributed by atoms with van der Waals surface area (Å²) in [5.41, 5.74) is 0.358. The van der Waals surface area contributed by atoms with Gasteiger partial charge in [-0.05, 0) is 25.8 Å². The van der Waals surface area contributed by atoms with Crippen LogP contribution in [0.4, 0.5) is 0 Å². The molecule has 2 rings (SSSR count). The SMILES string of the molecule is CCCC(NC(=O)c1sc2ncn(CC)c(=O)c2c1C)C(=O)O. The lowest BCUT2D eigenvalue weighted by molar-refractivity contribution is -0.139. The Morgan fingerprint density at radius 3 is 2.70 bits per heavy atom. The first-order valence-corrected chi connectivity index (χ1v) is 8.24. The Balaban J connectivity index is 2.42. The predicted octanol–water partition coefficient (Wildman–Crippen LogP) is 1.77. The number of nitrogens with zero attached hydrogens (tertiary/aromatic N) is 2. The first-order valence-electron chi connectivity index (χ1n) is 7.42. The Labute approximate surface area is 137 Å². The zero-order chi connectivity index (χ0) is 17.1. The molecule has 0 bridgehead atoms. The highest BCUT2D eigenvalue weighted by Crippen LogP contribution is 2.26. The number of aromatic nitrogens is 2. The van der Waals surface area contributed by atoms with Gasteiger partial charge in [-0.3, -0.25) is 14.2 Å². The van der Waals surface area contributed by atoms with Gasteiger partial charge < -0.3 is 10.4 Å². The van der Waals surface area contributed by atoms with E-state index >= 15 is 0 Å². The van der Waals surface area contributed by atoms with E-state index in [4.69, 9.17) is 5.11 Å². The van der Waals surface area contributed by atoms with E-state index in [-0.39, 0.29) is 5.56 Å². The minimum absolute atomic E-state index is 0.186. The number of aliphatic carboxylic acids is 1.